The van der Waals surface area contributed by atoms with E-state index >= 15 is 0 Å². The molecule has 0 saturated carbocycles. The number of anilines is 1. The molecule has 3 rings (SSSR count). The second kappa shape index (κ2) is 9.05. The molecule has 0 aliphatic carbocycles. The zero-order chi connectivity index (χ0) is 19.1. The molecule has 0 spiro atoms. The highest BCUT2D eigenvalue weighted by Crippen LogP contribution is 2.18. The average molecular weight is 385 g/mol. The summed E-state index contributed by atoms with van der Waals surface area (Å²) in [5.41, 5.74) is 2.48. The fourth-order valence-corrected chi connectivity index (χ4v) is 2.47. The van der Waals surface area contributed by atoms with Crippen LogP contribution in [0.15, 0.2) is 72.8 Å². The standard InChI is InChI=1S/C21H18ClFN2O2/c22-17-5-1-16(2-6-17)14-27-20-11-9-19(10-12-20)25-21(26)24-13-15-3-7-18(23)8-4-15/h1-12H,13-14H2,(H2,24,25,26). The molecule has 2 amide bonds. The van der Waals surface area contributed by atoms with Crippen LogP contribution in [0.5, 0.6) is 5.75 Å². The minimum atomic E-state index is -0.339. The first-order chi connectivity index (χ1) is 13.1. The summed E-state index contributed by atoms with van der Waals surface area (Å²) < 4.78 is 18.6. The SMILES string of the molecule is O=C(NCc1ccc(F)cc1)Nc1ccc(OCc2ccc(Cl)cc2)cc1. The van der Waals surface area contributed by atoms with E-state index in [4.69, 9.17) is 16.3 Å². The van der Waals surface area contributed by atoms with Crippen LogP contribution < -0.4 is 15.4 Å². The normalized spacial score (nSPS) is 10.3. The second-order valence-corrected chi connectivity index (χ2v) is 6.31. The Hall–Kier alpha value is -3.05. The lowest BCUT2D eigenvalue weighted by molar-refractivity contribution is 0.251. The minimum Gasteiger partial charge on any atom is -0.489 e. The van der Waals surface area contributed by atoms with Gasteiger partial charge in [-0.05, 0) is 59.7 Å². The Labute approximate surface area is 161 Å². The second-order valence-electron chi connectivity index (χ2n) is 5.87. The molecule has 0 atom stereocenters. The van der Waals surface area contributed by atoms with Gasteiger partial charge in [-0.3, -0.25) is 0 Å². The molecule has 2 N–H and O–H groups in total. The molecule has 6 heteroatoms. The van der Waals surface area contributed by atoms with E-state index in [1.165, 1.54) is 12.1 Å². The summed E-state index contributed by atoms with van der Waals surface area (Å²) in [4.78, 5) is 11.9. The minimum absolute atomic E-state index is 0.304. The molecule has 0 heterocycles. The van der Waals surface area contributed by atoms with Crippen molar-refractivity contribution >= 4 is 23.3 Å². The first-order valence-corrected chi connectivity index (χ1v) is 8.73. The fourth-order valence-electron chi connectivity index (χ4n) is 2.34. The lowest BCUT2D eigenvalue weighted by atomic mass is 10.2. The molecule has 0 saturated heterocycles. The third-order valence-electron chi connectivity index (χ3n) is 3.80. The van der Waals surface area contributed by atoms with Crippen molar-refractivity contribution in [3.05, 3.63) is 94.8 Å². The maximum absolute atomic E-state index is 12.9. The summed E-state index contributed by atoms with van der Waals surface area (Å²) in [6.45, 7) is 0.747. The number of rotatable bonds is 6. The molecule has 0 aromatic heterocycles. The number of halogens is 2. The first-order valence-electron chi connectivity index (χ1n) is 8.35. The van der Waals surface area contributed by atoms with E-state index in [-0.39, 0.29) is 11.8 Å². The largest absolute Gasteiger partial charge is 0.489 e. The fraction of sp³-hybridized carbons (Fsp3) is 0.0952. The van der Waals surface area contributed by atoms with E-state index in [2.05, 4.69) is 10.6 Å². The van der Waals surface area contributed by atoms with Crippen LogP contribution in [0.4, 0.5) is 14.9 Å². The smallest absolute Gasteiger partial charge is 0.319 e. The number of nitrogens with one attached hydrogen (secondary N) is 2. The molecular weight excluding hydrogens is 367 g/mol. The number of ether oxygens (including phenoxy) is 1. The van der Waals surface area contributed by atoms with Gasteiger partial charge in [0.25, 0.3) is 0 Å². The van der Waals surface area contributed by atoms with Crippen LogP contribution in [0, 0.1) is 5.82 Å². The van der Waals surface area contributed by atoms with Crippen LogP contribution in [0.2, 0.25) is 5.02 Å². The molecule has 0 radical (unpaired) electrons. The van der Waals surface area contributed by atoms with Gasteiger partial charge in [0.2, 0.25) is 0 Å². The van der Waals surface area contributed by atoms with Crippen molar-refractivity contribution in [1.29, 1.82) is 0 Å². The van der Waals surface area contributed by atoms with E-state index < -0.39 is 0 Å². The van der Waals surface area contributed by atoms with Crippen LogP contribution in [-0.2, 0) is 13.2 Å². The summed E-state index contributed by atoms with van der Waals surface area (Å²) in [7, 11) is 0. The van der Waals surface area contributed by atoms with Crippen molar-refractivity contribution in [2.75, 3.05) is 5.32 Å². The van der Waals surface area contributed by atoms with Gasteiger partial charge < -0.3 is 15.4 Å². The Balaban J connectivity index is 1.45. The van der Waals surface area contributed by atoms with Gasteiger partial charge in [-0.2, -0.15) is 0 Å². The number of carbonyl (C=O) groups excluding carboxylic acids is 1. The average Bonchev–Trinajstić information content (AvgIpc) is 2.68. The monoisotopic (exact) mass is 384 g/mol. The van der Waals surface area contributed by atoms with Gasteiger partial charge in [0.1, 0.15) is 18.2 Å². The van der Waals surface area contributed by atoms with Crippen molar-refractivity contribution < 1.29 is 13.9 Å². The zero-order valence-electron chi connectivity index (χ0n) is 14.4. The van der Waals surface area contributed by atoms with Gasteiger partial charge in [0.15, 0.2) is 0 Å². The predicted molar refractivity (Wildman–Crippen MR) is 104 cm³/mol. The summed E-state index contributed by atoms with van der Waals surface area (Å²) in [6.07, 6.45) is 0. The van der Waals surface area contributed by atoms with E-state index in [0.717, 1.165) is 11.1 Å². The van der Waals surface area contributed by atoms with E-state index in [1.807, 2.05) is 24.3 Å². The number of urea groups is 1. The zero-order valence-corrected chi connectivity index (χ0v) is 15.2. The molecular formula is C21H18ClFN2O2. The highest BCUT2D eigenvalue weighted by atomic mass is 35.5. The molecule has 0 aliphatic rings. The van der Waals surface area contributed by atoms with Gasteiger partial charge in [0, 0.05) is 17.3 Å². The molecule has 27 heavy (non-hydrogen) atoms. The van der Waals surface area contributed by atoms with E-state index in [9.17, 15) is 9.18 Å². The van der Waals surface area contributed by atoms with E-state index in [0.29, 0.717) is 29.6 Å². The summed E-state index contributed by atoms with van der Waals surface area (Å²) in [6, 6.07) is 20.2. The molecule has 0 bridgehead atoms. The predicted octanol–water partition coefficient (Wildman–Crippen LogP) is 5.38. The Morgan fingerprint density at radius 2 is 1.52 bits per heavy atom. The molecule has 3 aromatic rings. The Bertz CT molecular complexity index is 882. The third-order valence-corrected chi connectivity index (χ3v) is 4.05. The maximum Gasteiger partial charge on any atom is 0.319 e. The van der Waals surface area contributed by atoms with Gasteiger partial charge in [0.05, 0.1) is 0 Å². The summed E-state index contributed by atoms with van der Waals surface area (Å²) in [5.74, 6) is 0.392. The number of hydrogen-bond acceptors (Lipinski definition) is 2. The van der Waals surface area contributed by atoms with Crippen molar-refractivity contribution in [1.82, 2.24) is 5.32 Å². The Morgan fingerprint density at radius 1 is 0.889 bits per heavy atom. The molecule has 0 fully saturated rings. The first kappa shape index (κ1) is 18.7. The lowest BCUT2D eigenvalue weighted by Gasteiger charge is -2.10. The van der Waals surface area contributed by atoms with Crippen molar-refractivity contribution in [3.63, 3.8) is 0 Å². The lowest BCUT2D eigenvalue weighted by Crippen LogP contribution is -2.28. The van der Waals surface area contributed by atoms with Gasteiger partial charge in [-0.25, -0.2) is 9.18 Å². The van der Waals surface area contributed by atoms with Crippen LogP contribution in [0.1, 0.15) is 11.1 Å². The number of hydrogen-bond donors (Lipinski definition) is 2. The summed E-state index contributed by atoms with van der Waals surface area (Å²) >= 11 is 5.86. The van der Waals surface area contributed by atoms with Crippen LogP contribution >= 0.6 is 11.6 Å². The third kappa shape index (κ3) is 6.01. The molecule has 3 aromatic carbocycles. The number of amides is 2. The van der Waals surface area contributed by atoms with Gasteiger partial charge in [-0.15, -0.1) is 0 Å². The molecule has 0 unspecified atom stereocenters. The van der Waals surface area contributed by atoms with Gasteiger partial charge >= 0.3 is 6.03 Å². The number of benzene rings is 3. The maximum atomic E-state index is 12.9. The Kier molecular flexibility index (Phi) is 6.28. The highest BCUT2D eigenvalue weighted by Gasteiger charge is 2.03. The molecule has 0 aliphatic heterocycles. The van der Waals surface area contributed by atoms with Crippen molar-refractivity contribution in [2.45, 2.75) is 13.2 Å². The molecule has 138 valence electrons. The number of carbonyl (C=O) groups is 1. The quantitative estimate of drug-likeness (QED) is 0.599. The van der Waals surface area contributed by atoms with Crippen LogP contribution in [0.3, 0.4) is 0 Å². The van der Waals surface area contributed by atoms with Crippen molar-refractivity contribution in [3.8, 4) is 5.75 Å². The van der Waals surface area contributed by atoms with Crippen LogP contribution in [-0.4, -0.2) is 6.03 Å². The van der Waals surface area contributed by atoms with Crippen molar-refractivity contribution in [2.24, 2.45) is 0 Å². The van der Waals surface area contributed by atoms with Gasteiger partial charge in [-0.1, -0.05) is 35.9 Å². The Morgan fingerprint density at radius 3 is 2.19 bits per heavy atom. The topological polar surface area (TPSA) is 50.4 Å². The van der Waals surface area contributed by atoms with Crippen LogP contribution in [0.25, 0.3) is 0 Å². The highest BCUT2D eigenvalue weighted by molar-refractivity contribution is 6.30. The summed E-state index contributed by atoms with van der Waals surface area (Å²) in [5, 5.41) is 6.14. The van der Waals surface area contributed by atoms with E-state index in [1.54, 1.807) is 36.4 Å². The molecule has 4 nitrogen and oxygen atoms in total.